The summed E-state index contributed by atoms with van der Waals surface area (Å²) in [5.74, 6) is -0.254. The fourth-order valence-corrected chi connectivity index (χ4v) is 6.21. The van der Waals surface area contributed by atoms with E-state index in [1.165, 1.54) is 15.6 Å². The molecule has 0 unspecified atom stereocenters. The Morgan fingerprint density at radius 3 is 2.31 bits per heavy atom. The molecule has 1 aliphatic heterocycles. The molecule has 1 fully saturated rings. The zero-order valence-electron chi connectivity index (χ0n) is 15.8. The number of amides is 1. The minimum Gasteiger partial charge on any atom is -0.325 e. The van der Waals surface area contributed by atoms with Gasteiger partial charge in [-0.05, 0) is 35.9 Å². The Hall–Kier alpha value is -2.48. The molecule has 0 spiro atoms. The number of benzene rings is 2. The van der Waals surface area contributed by atoms with E-state index < -0.39 is 10.0 Å². The number of rotatable bonds is 5. The molecule has 3 aromatic rings. The van der Waals surface area contributed by atoms with Crippen LogP contribution in [0.3, 0.4) is 0 Å². The molecule has 0 radical (unpaired) electrons. The SMILES string of the molecule is O=C(Nc1ccccc1-c1ccccc1)C1CCN(S(=O)(=O)c2cccs2)CC1. The lowest BCUT2D eigenvalue weighted by molar-refractivity contribution is -0.120. The van der Waals surface area contributed by atoms with E-state index in [2.05, 4.69) is 5.32 Å². The summed E-state index contributed by atoms with van der Waals surface area (Å²) < 4.78 is 27.2. The van der Waals surface area contributed by atoms with Crippen molar-refractivity contribution in [2.75, 3.05) is 18.4 Å². The van der Waals surface area contributed by atoms with Crippen LogP contribution in [-0.4, -0.2) is 31.7 Å². The smallest absolute Gasteiger partial charge is 0.252 e. The Balaban J connectivity index is 1.43. The third kappa shape index (κ3) is 4.27. The molecule has 2 heterocycles. The molecule has 0 bridgehead atoms. The average Bonchev–Trinajstić information content (AvgIpc) is 3.31. The van der Waals surface area contributed by atoms with Gasteiger partial charge in [-0.15, -0.1) is 11.3 Å². The Labute approximate surface area is 175 Å². The highest BCUT2D eigenvalue weighted by Gasteiger charge is 2.32. The van der Waals surface area contributed by atoms with Crippen LogP contribution in [0.2, 0.25) is 0 Å². The maximum atomic E-state index is 12.9. The highest BCUT2D eigenvalue weighted by atomic mass is 32.2. The van der Waals surface area contributed by atoms with Crippen LogP contribution in [0.15, 0.2) is 76.3 Å². The van der Waals surface area contributed by atoms with Crippen molar-refractivity contribution in [3.05, 3.63) is 72.1 Å². The van der Waals surface area contributed by atoms with Gasteiger partial charge in [0.2, 0.25) is 5.91 Å². The van der Waals surface area contributed by atoms with Crippen LogP contribution in [-0.2, 0) is 14.8 Å². The van der Waals surface area contributed by atoms with Crippen LogP contribution in [0.5, 0.6) is 0 Å². The molecular weight excluding hydrogens is 404 g/mol. The number of carbonyl (C=O) groups is 1. The number of para-hydroxylation sites is 1. The van der Waals surface area contributed by atoms with E-state index >= 15 is 0 Å². The van der Waals surface area contributed by atoms with E-state index in [9.17, 15) is 13.2 Å². The number of nitrogens with one attached hydrogen (secondary N) is 1. The third-order valence-corrected chi connectivity index (χ3v) is 8.46. The monoisotopic (exact) mass is 426 g/mol. The largest absolute Gasteiger partial charge is 0.325 e. The van der Waals surface area contributed by atoms with Crippen LogP contribution >= 0.6 is 11.3 Å². The van der Waals surface area contributed by atoms with Crippen molar-refractivity contribution in [1.29, 1.82) is 0 Å². The molecule has 150 valence electrons. The van der Waals surface area contributed by atoms with Crippen molar-refractivity contribution >= 4 is 33.0 Å². The summed E-state index contributed by atoms with van der Waals surface area (Å²) in [7, 11) is -3.45. The number of anilines is 1. The summed E-state index contributed by atoms with van der Waals surface area (Å²) in [6.07, 6.45) is 1.04. The first-order chi connectivity index (χ1) is 14.1. The van der Waals surface area contributed by atoms with Gasteiger partial charge in [-0.3, -0.25) is 4.79 Å². The van der Waals surface area contributed by atoms with Crippen molar-refractivity contribution in [2.45, 2.75) is 17.1 Å². The topological polar surface area (TPSA) is 66.5 Å². The van der Waals surface area contributed by atoms with Gasteiger partial charge < -0.3 is 5.32 Å². The van der Waals surface area contributed by atoms with Crippen LogP contribution in [0, 0.1) is 5.92 Å². The molecular formula is C22H22N2O3S2. The van der Waals surface area contributed by atoms with Crippen molar-refractivity contribution in [2.24, 2.45) is 5.92 Å². The maximum absolute atomic E-state index is 12.9. The molecule has 1 amide bonds. The molecule has 1 aliphatic rings. The van der Waals surface area contributed by atoms with Crippen molar-refractivity contribution in [3.8, 4) is 11.1 Å². The van der Waals surface area contributed by atoms with E-state index in [0.29, 0.717) is 30.1 Å². The number of piperidine rings is 1. The van der Waals surface area contributed by atoms with Gasteiger partial charge in [-0.25, -0.2) is 8.42 Å². The fraction of sp³-hybridized carbons (Fsp3) is 0.227. The van der Waals surface area contributed by atoms with E-state index in [0.717, 1.165) is 16.8 Å². The van der Waals surface area contributed by atoms with Crippen molar-refractivity contribution in [3.63, 3.8) is 0 Å². The zero-order chi connectivity index (χ0) is 20.3. The maximum Gasteiger partial charge on any atom is 0.252 e. The molecule has 1 saturated heterocycles. The molecule has 5 nitrogen and oxygen atoms in total. The average molecular weight is 427 g/mol. The summed E-state index contributed by atoms with van der Waals surface area (Å²) in [6, 6.07) is 21.0. The molecule has 1 aromatic heterocycles. The fourth-order valence-electron chi connectivity index (χ4n) is 3.59. The van der Waals surface area contributed by atoms with E-state index in [1.54, 1.807) is 17.5 Å². The molecule has 2 aromatic carbocycles. The standard InChI is InChI=1S/C22H22N2O3S2/c25-22(23-20-10-5-4-9-19(20)17-7-2-1-3-8-17)18-12-14-24(15-13-18)29(26,27)21-11-6-16-28-21/h1-11,16,18H,12-15H2,(H,23,25). The van der Waals surface area contributed by atoms with Crippen LogP contribution in [0.4, 0.5) is 5.69 Å². The second-order valence-electron chi connectivity index (χ2n) is 7.01. The van der Waals surface area contributed by atoms with Gasteiger partial charge in [0.25, 0.3) is 10.0 Å². The molecule has 0 aliphatic carbocycles. The predicted molar refractivity (Wildman–Crippen MR) is 116 cm³/mol. The summed E-state index contributed by atoms with van der Waals surface area (Å²) in [5.41, 5.74) is 2.79. The summed E-state index contributed by atoms with van der Waals surface area (Å²) in [6.45, 7) is 0.720. The Morgan fingerprint density at radius 1 is 0.931 bits per heavy atom. The van der Waals surface area contributed by atoms with Gasteiger partial charge >= 0.3 is 0 Å². The number of carbonyl (C=O) groups excluding carboxylic acids is 1. The summed E-state index contributed by atoms with van der Waals surface area (Å²) in [5, 5.41) is 4.82. The summed E-state index contributed by atoms with van der Waals surface area (Å²) in [4.78, 5) is 12.9. The van der Waals surface area contributed by atoms with Crippen LogP contribution < -0.4 is 5.32 Å². The normalized spacial score (nSPS) is 15.9. The Morgan fingerprint density at radius 2 is 1.62 bits per heavy atom. The number of thiophene rings is 1. The number of nitrogens with zero attached hydrogens (tertiary/aromatic N) is 1. The highest BCUT2D eigenvalue weighted by Crippen LogP contribution is 2.30. The summed E-state index contributed by atoms with van der Waals surface area (Å²) >= 11 is 1.22. The number of hydrogen-bond acceptors (Lipinski definition) is 4. The lowest BCUT2D eigenvalue weighted by Crippen LogP contribution is -2.41. The minimum atomic E-state index is -3.45. The lowest BCUT2D eigenvalue weighted by Gasteiger charge is -2.30. The first kappa shape index (κ1) is 19.8. The highest BCUT2D eigenvalue weighted by molar-refractivity contribution is 7.91. The Bertz CT molecular complexity index is 1070. The van der Waals surface area contributed by atoms with Gasteiger partial charge in [0, 0.05) is 30.3 Å². The van der Waals surface area contributed by atoms with E-state index in [-0.39, 0.29) is 11.8 Å². The first-order valence-corrected chi connectivity index (χ1v) is 11.9. The third-order valence-electron chi connectivity index (χ3n) is 5.18. The lowest BCUT2D eigenvalue weighted by atomic mass is 9.96. The van der Waals surface area contributed by atoms with Gasteiger partial charge in [0.15, 0.2) is 0 Å². The first-order valence-electron chi connectivity index (χ1n) is 9.54. The van der Waals surface area contributed by atoms with Crippen molar-refractivity contribution < 1.29 is 13.2 Å². The number of hydrogen-bond donors (Lipinski definition) is 1. The minimum absolute atomic E-state index is 0.0541. The van der Waals surface area contributed by atoms with Gasteiger partial charge in [-0.2, -0.15) is 4.31 Å². The molecule has 1 N–H and O–H groups in total. The molecule has 7 heteroatoms. The van der Waals surface area contributed by atoms with Gasteiger partial charge in [0.05, 0.1) is 0 Å². The van der Waals surface area contributed by atoms with Crippen LogP contribution in [0.25, 0.3) is 11.1 Å². The van der Waals surface area contributed by atoms with E-state index in [4.69, 9.17) is 0 Å². The Kier molecular flexibility index (Phi) is 5.80. The predicted octanol–water partition coefficient (Wildman–Crippen LogP) is 4.45. The quantitative estimate of drug-likeness (QED) is 0.655. The second-order valence-corrected chi connectivity index (χ2v) is 10.1. The molecule has 4 rings (SSSR count). The molecule has 29 heavy (non-hydrogen) atoms. The van der Waals surface area contributed by atoms with Crippen LogP contribution in [0.1, 0.15) is 12.8 Å². The zero-order valence-corrected chi connectivity index (χ0v) is 17.5. The second kappa shape index (κ2) is 8.49. The van der Waals surface area contributed by atoms with Gasteiger partial charge in [0.1, 0.15) is 4.21 Å². The molecule has 0 atom stereocenters. The van der Waals surface area contributed by atoms with E-state index in [1.807, 2.05) is 54.6 Å². The van der Waals surface area contributed by atoms with Crippen molar-refractivity contribution in [1.82, 2.24) is 4.31 Å². The molecule has 0 saturated carbocycles. The van der Waals surface area contributed by atoms with Gasteiger partial charge in [-0.1, -0.05) is 54.6 Å². The number of sulfonamides is 1.